The van der Waals surface area contributed by atoms with Gasteiger partial charge in [0.15, 0.2) is 0 Å². The molecule has 0 aliphatic carbocycles. The molecule has 0 bridgehead atoms. The van der Waals surface area contributed by atoms with Crippen LogP contribution in [-0.4, -0.2) is 19.1 Å². The number of benzene rings is 1. The number of imidazole rings is 1. The van der Waals surface area contributed by atoms with Crippen molar-refractivity contribution in [3.63, 3.8) is 0 Å². The van der Waals surface area contributed by atoms with E-state index in [1.165, 1.54) is 17.0 Å². The molecule has 124 valence electrons. The summed E-state index contributed by atoms with van der Waals surface area (Å²) in [6.07, 6.45) is 3.74. The van der Waals surface area contributed by atoms with Gasteiger partial charge in [0.2, 0.25) is 11.3 Å². The second-order valence-corrected chi connectivity index (χ2v) is 6.68. The van der Waals surface area contributed by atoms with Crippen molar-refractivity contribution < 1.29 is 4.57 Å². The van der Waals surface area contributed by atoms with Gasteiger partial charge in [-0.15, -0.1) is 0 Å². The van der Waals surface area contributed by atoms with Crippen molar-refractivity contribution in [2.45, 2.75) is 6.54 Å². The minimum Gasteiger partial charge on any atom is -0.257 e. The quantitative estimate of drug-likeness (QED) is 0.432. The Hall–Kier alpha value is -3.47. The van der Waals surface area contributed by atoms with E-state index < -0.39 is 0 Å². The van der Waals surface area contributed by atoms with E-state index in [9.17, 15) is 0 Å². The summed E-state index contributed by atoms with van der Waals surface area (Å²) in [4.78, 5) is 9.31. The van der Waals surface area contributed by atoms with E-state index in [0.29, 0.717) is 0 Å². The summed E-state index contributed by atoms with van der Waals surface area (Å²) in [6.45, 7) is 0.784. The fourth-order valence-corrected chi connectivity index (χ4v) is 4.26. The molecule has 0 atom stereocenters. The molecule has 26 heavy (non-hydrogen) atoms. The zero-order chi connectivity index (χ0) is 17.3. The predicted molar refractivity (Wildman–Crippen MR) is 100 cm³/mol. The third-order valence-corrected chi connectivity index (χ3v) is 5.29. The maximum absolute atomic E-state index is 4.71. The molecule has 0 saturated heterocycles. The Morgan fingerprint density at radius 2 is 1.73 bits per heavy atom. The first-order valence-electron chi connectivity index (χ1n) is 8.72. The lowest BCUT2D eigenvalue weighted by Gasteiger charge is -2.02. The van der Waals surface area contributed by atoms with Crippen LogP contribution in [0.1, 0.15) is 5.69 Å². The normalized spacial score (nSPS) is 12.7. The highest BCUT2D eigenvalue weighted by atomic mass is 15.3. The van der Waals surface area contributed by atoms with Gasteiger partial charge in [-0.3, -0.25) is 9.55 Å². The van der Waals surface area contributed by atoms with Crippen molar-refractivity contribution in [3.8, 4) is 17.1 Å². The molecule has 0 amide bonds. The maximum atomic E-state index is 4.71. The van der Waals surface area contributed by atoms with E-state index in [4.69, 9.17) is 4.98 Å². The number of nitrogens with zero attached hydrogens (tertiary/aromatic N) is 5. The van der Waals surface area contributed by atoms with Crippen LogP contribution >= 0.6 is 0 Å². The van der Waals surface area contributed by atoms with Crippen LogP contribution in [0, 0.1) is 0 Å². The number of hydrogen-bond acceptors (Lipinski definition) is 2. The van der Waals surface area contributed by atoms with Gasteiger partial charge < -0.3 is 0 Å². The Labute approximate surface area is 149 Å². The average molecular weight is 338 g/mol. The molecule has 0 N–H and O–H groups in total. The first-order valence-corrected chi connectivity index (χ1v) is 8.72. The molecule has 5 heteroatoms. The first-order chi connectivity index (χ1) is 12.8. The molecule has 5 heterocycles. The lowest BCUT2D eigenvalue weighted by molar-refractivity contribution is -0.648. The lowest BCUT2D eigenvalue weighted by atomic mass is 10.2. The molecule has 0 unspecified atom stereocenters. The van der Waals surface area contributed by atoms with Crippen LogP contribution in [0.25, 0.3) is 39.3 Å². The third-order valence-electron chi connectivity index (χ3n) is 5.29. The molecule has 4 aromatic heterocycles. The van der Waals surface area contributed by atoms with Crippen molar-refractivity contribution in [1.82, 2.24) is 19.1 Å². The Morgan fingerprint density at radius 3 is 2.62 bits per heavy atom. The average Bonchev–Trinajstić information content (AvgIpc) is 3.31. The van der Waals surface area contributed by atoms with Crippen LogP contribution in [0.4, 0.5) is 0 Å². The highest BCUT2D eigenvalue weighted by molar-refractivity contribution is 6.03. The Morgan fingerprint density at radius 1 is 0.923 bits per heavy atom. The molecule has 0 fully saturated rings. The Bertz CT molecular complexity index is 1310. The van der Waals surface area contributed by atoms with Crippen molar-refractivity contribution >= 4 is 22.2 Å². The van der Waals surface area contributed by atoms with Crippen LogP contribution < -0.4 is 4.57 Å². The van der Waals surface area contributed by atoms with Crippen LogP contribution in [0.3, 0.4) is 0 Å². The van der Waals surface area contributed by atoms with Gasteiger partial charge in [0.1, 0.15) is 23.3 Å². The number of aromatic nitrogens is 5. The minimum absolute atomic E-state index is 0.784. The highest BCUT2D eigenvalue weighted by Crippen LogP contribution is 2.35. The predicted octanol–water partition coefficient (Wildman–Crippen LogP) is 3.23. The molecule has 5 nitrogen and oxygen atoms in total. The molecule has 0 saturated carbocycles. The van der Waals surface area contributed by atoms with Gasteiger partial charge in [0, 0.05) is 12.4 Å². The summed E-state index contributed by atoms with van der Waals surface area (Å²) in [5.74, 6) is 1.19. The SMILES string of the molecule is Cn1c2[n+](c3c1c1ncccc1n3-c1ccccc1)Cc1ncccc1-2. The van der Waals surface area contributed by atoms with Crippen LogP contribution in [0.5, 0.6) is 0 Å². The summed E-state index contributed by atoms with van der Waals surface area (Å²) in [7, 11) is 2.12. The second-order valence-electron chi connectivity index (χ2n) is 6.68. The van der Waals surface area contributed by atoms with Gasteiger partial charge in [-0.1, -0.05) is 18.2 Å². The van der Waals surface area contributed by atoms with Crippen molar-refractivity contribution in [3.05, 3.63) is 72.7 Å². The topological polar surface area (TPSA) is 39.5 Å². The number of aryl methyl sites for hydroxylation is 1. The number of pyridine rings is 2. The number of rotatable bonds is 1. The Balaban J connectivity index is 1.83. The zero-order valence-electron chi connectivity index (χ0n) is 14.3. The van der Waals surface area contributed by atoms with Crippen LogP contribution in [0.2, 0.25) is 0 Å². The van der Waals surface area contributed by atoms with E-state index in [1.807, 2.05) is 30.6 Å². The van der Waals surface area contributed by atoms with Crippen molar-refractivity contribution in [1.29, 1.82) is 0 Å². The smallest absolute Gasteiger partial charge is 0.257 e. The van der Waals surface area contributed by atoms with Crippen molar-refractivity contribution in [2.24, 2.45) is 7.05 Å². The maximum Gasteiger partial charge on any atom is 0.276 e. The van der Waals surface area contributed by atoms with Gasteiger partial charge in [0.25, 0.3) is 5.65 Å². The molecule has 1 aliphatic rings. The van der Waals surface area contributed by atoms with Crippen LogP contribution in [-0.2, 0) is 13.6 Å². The van der Waals surface area contributed by atoms with Crippen LogP contribution in [0.15, 0.2) is 67.0 Å². The van der Waals surface area contributed by atoms with Gasteiger partial charge >= 0.3 is 0 Å². The minimum atomic E-state index is 0.784. The molecule has 1 aliphatic heterocycles. The fourth-order valence-electron chi connectivity index (χ4n) is 4.26. The van der Waals surface area contributed by atoms with Crippen molar-refractivity contribution in [2.75, 3.05) is 0 Å². The van der Waals surface area contributed by atoms with E-state index in [-0.39, 0.29) is 0 Å². The Kier molecular flexibility index (Phi) is 2.54. The lowest BCUT2D eigenvalue weighted by Crippen LogP contribution is -2.33. The number of hydrogen-bond donors (Lipinski definition) is 0. The molecule has 0 spiro atoms. The van der Waals surface area contributed by atoms with Gasteiger partial charge in [-0.25, -0.2) is 14.1 Å². The second kappa shape index (κ2) is 4.79. The van der Waals surface area contributed by atoms with Gasteiger partial charge in [-0.05, 0) is 36.4 Å². The van der Waals surface area contributed by atoms with Gasteiger partial charge in [-0.2, -0.15) is 0 Å². The summed E-state index contributed by atoms with van der Waals surface area (Å²) in [5.41, 5.74) is 7.95. The number of para-hydroxylation sites is 1. The monoisotopic (exact) mass is 338 g/mol. The zero-order valence-corrected chi connectivity index (χ0v) is 14.3. The van der Waals surface area contributed by atoms with E-state index in [1.54, 1.807) is 0 Å². The fraction of sp³-hybridized carbons (Fsp3) is 0.0952. The van der Waals surface area contributed by atoms with E-state index >= 15 is 0 Å². The third kappa shape index (κ3) is 1.57. The molecule has 1 aromatic carbocycles. The number of fused-ring (bicyclic) bond motifs is 7. The summed E-state index contributed by atoms with van der Waals surface area (Å²) < 4.78 is 6.94. The van der Waals surface area contributed by atoms with E-state index in [2.05, 4.69) is 62.1 Å². The van der Waals surface area contributed by atoms with E-state index in [0.717, 1.165) is 34.5 Å². The molecule has 6 rings (SSSR count). The first kappa shape index (κ1) is 13.8. The van der Waals surface area contributed by atoms with Gasteiger partial charge in [0.05, 0.1) is 18.3 Å². The largest absolute Gasteiger partial charge is 0.276 e. The molecule has 5 aromatic rings. The standard InChI is InChI=1S/C21H16N5/c1-24-19-18-17(10-6-12-23-18)26(14-7-3-2-4-8-14)21(19)25-13-16-15(20(24)25)9-5-11-22-16/h2-12H,13H2,1H3/q+1. The molecular formula is C21H16N5+. The summed E-state index contributed by atoms with van der Waals surface area (Å²) in [6, 6.07) is 18.8. The highest BCUT2D eigenvalue weighted by Gasteiger charge is 2.36. The summed E-state index contributed by atoms with van der Waals surface area (Å²) >= 11 is 0. The molecule has 0 radical (unpaired) electrons. The molecular weight excluding hydrogens is 322 g/mol. The summed E-state index contributed by atoms with van der Waals surface area (Å²) in [5, 5.41) is 0.